The summed E-state index contributed by atoms with van der Waals surface area (Å²) < 4.78 is 62.4. The SMILES string of the molecule is Nc1nc(CCC(F)(F)C(F)(F)F)nc(NC2CCCCC2)n1. The number of aromatic nitrogens is 3. The van der Waals surface area contributed by atoms with Crippen LogP contribution in [0.4, 0.5) is 33.8 Å². The van der Waals surface area contributed by atoms with Gasteiger partial charge in [0.15, 0.2) is 0 Å². The summed E-state index contributed by atoms with van der Waals surface area (Å²) in [7, 11) is 0. The highest BCUT2D eigenvalue weighted by Crippen LogP contribution is 2.38. The van der Waals surface area contributed by atoms with Gasteiger partial charge in [-0.05, 0) is 12.8 Å². The molecule has 0 aromatic carbocycles. The first-order valence-corrected chi connectivity index (χ1v) is 7.39. The van der Waals surface area contributed by atoms with E-state index in [1.807, 2.05) is 0 Å². The molecule has 1 fully saturated rings. The van der Waals surface area contributed by atoms with E-state index in [1.54, 1.807) is 0 Å². The van der Waals surface area contributed by atoms with Gasteiger partial charge in [0.1, 0.15) is 5.82 Å². The standard InChI is InChI=1S/C13H18F5N5/c14-12(15,13(16,17)18)7-6-9-21-10(19)23-11(22-9)20-8-4-2-1-3-5-8/h8H,1-7H2,(H3,19,20,21,22,23). The molecule has 1 aromatic heterocycles. The van der Waals surface area contributed by atoms with Gasteiger partial charge in [0.2, 0.25) is 11.9 Å². The van der Waals surface area contributed by atoms with Crippen molar-refractivity contribution in [1.82, 2.24) is 15.0 Å². The summed E-state index contributed by atoms with van der Waals surface area (Å²) in [5.41, 5.74) is 5.48. The molecule has 0 aliphatic heterocycles. The van der Waals surface area contributed by atoms with Crippen LogP contribution >= 0.6 is 0 Å². The zero-order valence-corrected chi connectivity index (χ0v) is 12.3. The number of aryl methyl sites for hydroxylation is 1. The Bertz CT molecular complexity index is 528. The largest absolute Gasteiger partial charge is 0.453 e. The van der Waals surface area contributed by atoms with Gasteiger partial charge in [0.25, 0.3) is 0 Å². The summed E-state index contributed by atoms with van der Waals surface area (Å²) >= 11 is 0. The molecule has 0 atom stereocenters. The van der Waals surface area contributed by atoms with Gasteiger partial charge in [-0.25, -0.2) is 0 Å². The molecule has 0 bridgehead atoms. The number of anilines is 2. The van der Waals surface area contributed by atoms with Gasteiger partial charge in [-0.1, -0.05) is 19.3 Å². The van der Waals surface area contributed by atoms with Crippen molar-refractivity contribution in [1.29, 1.82) is 0 Å². The first-order valence-electron chi connectivity index (χ1n) is 7.39. The number of nitrogens with zero attached hydrogens (tertiary/aromatic N) is 3. The lowest BCUT2D eigenvalue weighted by molar-refractivity contribution is -0.284. The maximum Gasteiger partial charge on any atom is 0.453 e. The summed E-state index contributed by atoms with van der Waals surface area (Å²) in [6.45, 7) is 0. The summed E-state index contributed by atoms with van der Waals surface area (Å²) in [5.74, 6) is -5.05. The normalized spacial score (nSPS) is 17.3. The molecule has 0 saturated heterocycles. The number of rotatable bonds is 5. The van der Waals surface area contributed by atoms with Crippen LogP contribution in [-0.4, -0.2) is 33.1 Å². The molecular weight excluding hydrogens is 321 g/mol. The van der Waals surface area contributed by atoms with Crippen LogP contribution in [0.25, 0.3) is 0 Å². The van der Waals surface area contributed by atoms with Crippen LogP contribution in [0.2, 0.25) is 0 Å². The molecule has 130 valence electrons. The Morgan fingerprint density at radius 1 is 1.00 bits per heavy atom. The van der Waals surface area contributed by atoms with Crippen molar-refractivity contribution in [2.24, 2.45) is 0 Å². The highest BCUT2D eigenvalue weighted by Gasteiger charge is 2.56. The number of hydrogen-bond donors (Lipinski definition) is 2. The Balaban J connectivity index is 2.02. The third-order valence-corrected chi connectivity index (χ3v) is 3.71. The van der Waals surface area contributed by atoms with E-state index in [0.717, 1.165) is 32.1 Å². The smallest absolute Gasteiger partial charge is 0.368 e. The van der Waals surface area contributed by atoms with E-state index in [9.17, 15) is 22.0 Å². The van der Waals surface area contributed by atoms with Gasteiger partial charge in [0.05, 0.1) is 0 Å². The first-order chi connectivity index (χ1) is 10.7. The summed E-state index contributed by atoms with van der Waals surface area (Å²) in [4.78, 5) is 11.4. The van der Waals surface area contributed by atoms with Gasteiger partial charge in [-0.2, -0.15) is 36.9 Å². The molecule has 1 saturated carbocycles. The first kappa shape index (κ1) is 17.6. The molecule has 10 heteroatoms. The van der Waals surface area contributed by atoms with Gasteiger partial charge in [-0.15, -0.1) is 0 Å². The van der Waals surface area contributed by atoms with Crippen molar-refractivity contribution in [3.63, 3.8) is 0 Å². The van der Waals surface area contributed by atoms with Crippen molar-refractivity contribution in [3.8, 4) is 0 Å². The maximum atomic E-state index is 12.9. The summed E-state index contributed by atoms with van der Waals surface area (Å²) in [6.07, 6.45) is -2.54. The van der Waals surface area contributed by atoms with E-state index in [2.05, 4.69) is 20.3 Å². The third kappa shape index (κ3) is 4.87. The van der Waals surface area contributed by atoms with Crippen LogP contribution in [0.1, 0.15) is 44.3 Å². The van der Waals surface area contributed by atoms with Gasteiger partial charge in [0, 0.05) is 18.9 Å². The zero-order valence-electron chi connectivity index (χ0n) is 12.3. The average Bonchev–Trinajstić information content (AvgIpc) is 2.44. The number of nitrogens with one attached hydrogen (secondary N) is 1. The molecule has 0 unspecified atom stereocenters. The molecule has 0 amide bonds. The van der Waals surface area contributed by atoms with Crippen molar-refractivity contribution < 1.29 is 22.0 Å². The van der Waals surface area contributed by atoms with Crippen LogP contribution in [0, 0.1) is 0 Å². The number of nitrogen functional groups attached to an aromatic ring is 1. The number of halogens is 5. The second-order valence-corrected chi connectivity index (χ2v) is 5.61. The van der Waals surface area contributed by atoms with Crippen LogP contribution in [0.5, 0.6) is 0 Å². The van der Waals surface area contributed by atoms with Crippen LogP contribution < -0.4 is 11.1 Å². The number of alkyl halides is 5. The van der Waals surface area contributed by atoms with Crippen molar-refractivity contribution >= 4 is 11.9 Å². The average molecular weight is 339 g/mol. The van der Waals surface area contributed by atoms with E-state index in [1.165, 1.54) is 0 Å². The summed E-state index contributed by atoms with van der Waals surface area (Å²) in [5, 5.41) is 3.04. The second-order valence-electron chi connectivity index (χ2n) is 5.61. The van der Waals surface area contributed by atoms with Gasteiger partial charge >= 0.3 is 12.1 Å². The minimum absolute atomic E-state index is 0.120. The zero-order chi connectivity index (χ0) is 17.1. The molecule has 0 radical (unpaired) electrons. The number of hydrogen-bond acceptors (Lipinski definition) is 5. The van der Waals surface area contributed by atoms with E-state index in [-0.39, 0.29) is 23.8 Å². The second kappa shape index (κ2) is 6.79. The van der Waals surface area contributed by atoms with E-state index < -0.39 is 24.9 Å². The lowest BCUT2D eigenvalue weighted by Crippen LogP contribution is -2.36. The molecule has 2 rings (SSSR count). The van der Waals surface area contributed by atoms with Crippen LogP contribution in [0.15, 0.2) is 0 Å². The quantitative estimate of drug-likeness (QED) is 0.805. The lowest BCUT2D eigenvalue weighted by atomic mass is 9.96. The molecule has 1 aromatic rings. The fraction of sp³-hybridized carbons (Fsp3) is 0.769. The van der Waals surface area contributed by atoms with E-state index in [0.29, 0.717) is 0 Å². The Hall–Kier alpha value is -1.74. The molecular formula is C13H18F5N5. The predicted molar refractivity (Wildman–Crippen MR) is 74.1 cm³/mol. The van der Waals surface area contributed by atoms with Gasteiger partial charge in [-0.3, -0.25) is 0 Å². The highest BCUT2D eigenvalue weighted by atomic mass is 19.4. The topological polar surface area (TPSA) is 76.7 Å². The summed E-state index contributed by atoms with van der Waals surface area (Å²) in [6, 6.07) is 0.148. The third-order valence-electron chi connectivity index (χ3n) is 3.71. The monoisotopic (exact) mass is 339 g/mol. The van der Waals surface area contributed by atoms with Crippen LogP contribution in [-0.2, 0) is 6.42 Å². The van der Waals surface area contributed by atoms with Crippen molar-refractivity contribution in [2.45, 2.75) is 63.1 Å². The fourth-order valence-electron chi connectivity index (χ4n) is 2.45. The van der Waals surface area contributed by atoms with Crippen molar-refractivity contribution in [2.75, 3.05) is 11.1 Å². The Kier molecular flexibility index (Phi) is 5.20. The molecule has 1 heterocycles. The predicted octanol–water partition coefficient (Wildman–Crippen LogP) is 3.33. The maximum absolute atomic E-state index is 12.9. The molecule has 3 N–H and O–H groups in total. The van der Waals surface area contributed by atoms with Crippen LogP contribution in [0.3, 0.4) is 0 Å². The molecule has 0 spiro atoms. The van der Waals surface area contributed by atoms with E-state index in [4.69, 9.17) is 5.73 Å². The molecule has 5 nitrogen and oxygen atoms in total. The number of nitrogens with two attached hydrogens (primary N) is 1. The Morgan fingerprint density at radius 2 is 1.65 bits per heavy atom. The fourth-order valence-corrected chi connectivity index (χ4v) is 2.45. The Labute approximate surface area is 129 Å². The molecule has 1 aliphatic carbocycles. The van der Waals surface area contributed by atoms with E-state index >= 15 is 0 Å². The minimum Gasteiger partial charge on any atom is -0.368 e. The molecule has 1 aliphatic rings. The highest BCUT2D eigenvalue weighted by molar-refractivity contribution is 5.32. The van der Waals surface area contributed by atoms with Gasteiger partial charge < -0.3 is 11.1 Å². The minimum atomic E-state index is -5.59. The van der Waals surface area contributed by atoms with Crippen molar-refractivity contribution in [3.05, 3.63) is 5.82 Å². The Morgan fingerprint density at radius 3 is 2.26 bits per heavy atom. The lowest BCUT2D eigenvalue weighted by Gasteiger charge is -2.23. The molecule has 23 heavy (non-hydrogen) atoms.